The molecule has 6 aliphatic rings. The standard InChI is InChI=1S/C23H18.C19H16.C7H8/c1-3-10-19(11-4-1)23(20-12-5-2-6-13-20)17-22(23)16-15-18-9-7-8-14-21(18)22;1-3-9-16(10-4-1)19(17-11-5-2-6-12-17)15-18(19)13-7-8-14-18;1-2-4-7(3-1)5-6-7/h1-16H,17H2;1-14H,15H2;1-4H,5-6H2. The SMILES string of the molecule is C1=CC2(C=C1)CC2.C1=CC2(C=C1)CC2(c1ccccc1)c1ccccc1.C1=CC2(CC2(c2ccccc2)c2ccccc2)c2ccccc21. The lowest BCUT2D eigenvalue weighted by Crippen LogP contribution is -2.21. The number of benzene rings is 5. The molecular formula is C49H42. The highest BCUT2D eigenvalue weighted by Gasteiger charge is 2.69. The minimum atomic E-state index is 0.0681. The molecule has 0 nitrogen and oxygen atoms in total. The number of hydrogen-bond donors (Lipinski definition) is 0. The summed E-state index contributed by atoms with van der Waals surface area (Å²) in [6.07, 6.45) is 27.9. The third kappa shape index (κ3) is 4.72. The van der Waals surface area contributed by atoms with Crippen LogP contribution in [0.1, 0.15) is 59.1 Å². The predicted molar refractivity (Wildman–Crippen MR) is 204 cm³/mol. The quantitative estimate of drug-likeness (QED) is 0.185. The van der Waals surface area contributed by atoms with E-state index in [4.69, 9.17) is 0 Å². The molecule has 6 aliphatic carbocycles. The second kappa shape index (κ2) is 11.5. The molecule has 5 aromatic carbocycles. The summed E-state index contributed by atoms with van der Waals surface area (Å²) in [6.45, 7) is 0. The van der Waals surface area contributed by atoms with Crippen LogP contribution in [0, 0.1) is 10.8 Å². The minimum Gasteiger partial charge on any atom is -0.0745 e. The number of allylic oxidation sites excluding steroid dienone is 9. The van der Waals surface area contributed by atoms with Crippen molar-refractivity contribution in [2.45, 2.75) is 41.9 Å². The van der Waals surface area contributed by atoms with Crippen LogP contribution >= 0.6 is 0 Å². The summed E-state index contributed by atoms with van der Waals surface area (Å²) in [5, 5.41) is 0. The van der Waals surface area contributed by atoms with Crippen LogP contribution in [0.25, 0.3) is 6.08 Å². The fourth-order valence-electron chi connectivity index (χ4n) is 9.29. The maximum absolute atomic E-state index is 2.44. The molecule has 1 unspecified atom stereocenters. The van der Waals surface area contributed by atoms with Gasteiger partial charge in [-0.25, -0.2) is 0 Å². The molecule has 0 aromatic heterocycles. The zero-order chi connectivity index (χ0) is 32.8. The van der Waals surface area contributed by atoms with Gasteiger partial charge in [-0.1, -0.05) is 206 Å². The average Bonchev–Trinajstić information content (AvgIpc) is 4.05. The fraction of sp³-hybridized carbons (Fsp3) is 0.184. The zero-order valence-electron chi connectivity index (χ0n) is 28.0. The summed E-state index contributed by atoms with van der Waals surface area (Å²) in [5.74, 6) is 0. The van der Waals surface area contributed by atoms with E-state index in [1.54, 1.807) is 0 Å². The summed E-state index contributed by atoms with van der Waals surface area (Å²) >= 11 is 0. The minimum absolute atomic E-state index is 0.0681. The van der Waals surface area contributed by atoms with Crippen LogP contribution in [0.2, 0.25) is 0 Å². The molecule has 0 N–H and O–H groups in total. The van der Waals surface area contributed by atoms with Crippen molar-refractivity contribution >= 4 is 6.08 Å². The van der Waals surface area contributed by atoms with Gasteiger partial charge < -0.3 is 0 Å². The summed E-state index contributed by atoms with van der Waals surface area (Å²) in [4.78, 5) is 0. The molecule has 0 heteroatoms. The van der Waals surface area contributed by atoms with Crippen molar-refractivity contribution in [3.05, 3.63) is 234 Å². The summed E-state index contributed by atoms with van der Waals surface area (Å²) in [6, 6.07) is 52.7. The van der Waals surface area contributed by atoms with Gasteiger partial charge in [-0.3, -0.25) is 0 Å². The van der Waals surface area contributed by atoms with Gasteiger partial charge in [-0.15, -0.1) is 0 Å². The van der Waals surface area contributed by atoms with E-state index >= 15 is 0 Å². The molecule has 3 spiro atoms. The first-order valence-electron chi connectivity index (χ1n) is 17.9. The Morgan fingerprint density at radius 2 is 0.796 bits per heavy atom. The molecule has 3 fully saturated rings. The summed E-state index contributed by atoms with van der Waals surface area (Å²) in [7, 11) is 0. The van der Waals surface area contributed by atoms with Gasteiger partial charge in [0.25, 0.3) is 0 Å². The Morgan fingerprint density at radius 3 is 1.27 bits per heavy atom. The van der Waals surface area contributed by atoms with Crippen molar-refractivity contribution < 1.29 is 0 Å². The van der Waals surface area contributed by atoms with E-state index in [-0.39, 0.29) is 21.7 Å². The molecule has 11 rings (SSSR count). The van der Waals surface area contributed by atoms with E-state index < -0.39 is 0 Å². The number of fused-ring (bicyclic) bond motifs is 2. The second-order valence-electron chi connectivity index (χ2n) is 14.7. The van der Waals surface area contributed by atoms with E-state index in [1.807, 2.05) is 0 Å². The third-order valence-corrected chi connectivity index (χ3v) is 12.2. The van der Waals surface area contributed by atoms with E-state index in [2.05, 4.69) is 206 Å². The van der Waals surface area contributed by atoms with Crippen LogP contribution < -0.4 is 0 Å². The van der Waals surface area contributed by atoms with Crippen molar-refractivity contribution in [3.63, 3.8) is 0 Å². The van der Waals surface area contributed by atoms with Crippen molar-refractivity contribution in [2.24, 2.45) is 10.8 Å². The number of rotatable bonds is 4. The van der Waals surface area contributed by atoms with Gasteiger partial charge in [0.15, 0.2) is 0 Å². The molecule has 238 valence electrons. The molecule has 0 saturated heterocycles. The van der Waals surface area contributed by atoms with Crippen LogP contribution in [0.3, 0.4) is 0 Å². The first kappa shape index (κ1) is 29.9. The summed E-state index contributed by atoms with van der Waals surface area (Å²) < 4.78 is 0. The first-order chi connectivity index (χ1) is 24.2. The van der Waals surface area contributed by atoms with Gasteiger partial charge >= 0.3 is 0 Å². The molecule has 0 bridgehead atoms. The van der Waals surface area contributed by atoms with Gasteiger partial charge in [0.1, 0.15) is 0 Å². The third-order valence-electron chi connectivity index (χ3n) is 12.2. The zero-order valence-corrected chi connectivity index (χ0v) is 28.0. The average molecular weight is 631 g/mol. The van der Waals surface area contributed by atoms with Crippen LogP contribution in [-0.4, -0.2) is 0 Å². The van der Waals surface area contributed by atoms with Crippen molar-refractivity contribution in [2.75, 3.05) is 0 Å². The Bertz CT molecular complexity index is 2000. The van der Waals surface area contributed by atoms with E-state index in [9.17, 15) is 0 Å². The lowest BCUT2D eigenvalue weighted by Gasteiger charge is -2.24. The first-order valence-corrected chi connectivity index (χ1v) is 17.9. The Kier molecular flexibility index (Phi) is 6.99. The largest absolute Gasteiger partial charge is 0.0745 e. The molecule has 49 heavy (non-hydrogen) atoms. The molecule has 5 aromatic rings. The van der Waals surface area contributed by atoms with Crippen LogP contribution in [0.5, 0.6) is 0 Å². The van der Waals surface area contributed by atoms with E-state index in [0.717, 1.165) is 6.42 Å². The molecule has 1 atom stereocenters. The van der Waals surface area contributed by atoms with Gasteiger partial charge in [0.2, 0.25) is 0 Å². The van der Waals surface area contributed by atoms with Crippen LogP contribution in [-0.2, 0) is 16.2 Å². The predicted octanol–water partition coefficient (Wildman–Crippen LogP) is 11.7. The molecule has 0 heterocycles. The van der Waals surface area contributed by atoms with Gasteiger partial charge in [-0.05, 0) is 59.1 Å². The Labute approximate surface area is 291 Å². The van der Waals surface area contributed by atoms with E-state index in [1.165, 1.54) is 52.6 Å². The van der Waals surface area contributed by atoms with Crippen LogP contribution in [0.4, 0.5) is 0 Å². The van der Waals surface area contributed by atoms with Crippen molar-refractivity contribution in [1.82, 2.24) is 0 Å². The van der Waals surface area contributed by atoms with Gasteiger partial charge in [0.05, 0.1) is 0 Å². The Balaban J connectivity index is 0.000000112. The van der Waals surface area contributed by atoms with Gasteiger partial charge in [0, 0.05) is 27.1 Å². The van der Waals surface area contributed by atoms with Gasteiger partial charge in [-0.2, -0.15) is 0 Å². The summed E-state index contributed by atoms with van der Waals surface area (Å²) in [5.41, 5.74) is 9.67. The molecular weight excluding hydrogens is 589 g/mol. The normalized spacial score (nSPS) is 23.1. The smallest absolute Gasteiger partial charge is 0.0346 e. The van der Waals surface area contributed by atoms with Crippen LogP contribution in [0.15, 0.2) is 200 Å². The molecule has 0 radical (unpaired) electrons. The van der Waals surface area contributed by atoms with E-state index in [0.29, 0.717) is 5.41 Å². The molecule has 0 amide bonds. The monoisotopic (exact) mass is 630 g/mol. The van der Waals surface area contributed by atoms with Crippen molar-refractivity contribution in [1.29, 1.82) is 0 Å². The highest BCUT2D eigenvalue weighted by molar-refractivity contribution is 5.75. The fourth-order valence-corrected chi connectivity index (χ4v) is 9.29. The highest BCUT2D eigenvalue weighted by Crippen LogP contribution is 2.72. The Morgan fingerprint density at radius 1 is 0.367 bits per heavy atom. The maximum atomic E-state index is 2.44. The highest BCUT2D eigenvalue weighted by atomic mass is 14.7. The molecule has 0 aliphatic heterocycles. The topological polar surface area (TPSA) is 0 Å². The number of hydrogen-bond acceptors (Lipinski definition) is 0. The maximum Gasteiger partial charge on any atom is 0.0346 e. The van der Waals surface area contributed by atoms with Crippen molar-refractivity contribution in [3.8, 4) is 0 Å². The lowest BCUT2D eigenvalue weighted by atomic mass is 9.78. The lowest BCUT2D eigenvalue weighted by molar-refractivity contribution is 0.690. The Hall–Kier alpha value is -5.20. The molecule has 3 saturated carbocycles. The second-order valence-corrected chi connectivity index (χ2v) is 14.7.